The lowest BCUT2D eigenvalue weighted by atomic mass is 9.88. The SMILES string of the molecule is CN1CCN(C(=O)[C@@H]2Cn3ccnc3C3(CCN(C(=O)Nc4ccccc4)CC3)O2)CC1. The molecule has 2 saturated heterocycles. The zero-order valence-corrected chi connectivity index (χ0v) is 18.4. The molecule has 2 aromatic rings. The summed E-state index contributed by atoms with van der Waals surface area (Å²) in [7, 11) is 2.08. The molecule has 0 saturated carbocycles. The van der Waals surface area contributed by atoms with Crippen LogP contribution in [0.2, 0.25) is 0 Å². The first-order valence-corrected chi connectivity index (χ1v) is 11.3. The lowest BCUT2D eigenvalue weighted by Crippen LogP contribution is -2.57. The molecule has 0 aliphatic carbocycles. The van der Waals surface area contributed by atoms with E-state index in [4.69, 9.17) is 4.74 Å². The van der Waals surface area contributed by atoms with E-state index in [1.54, 1.807) is 11.1 Å². The largest absolute Gasteiger partial charge is 0.352 e. The van der Waals surface area contributed by atoms with Crippen LogP contribution in [0.4, 0.5) is 10.5 Å². The Kier molecular flexibility index (Phi) is 5.60. The maximum atomic E-state index is 13.3. The van der Waals surface area contributed by atoms with Crippen molar-refractivity contribution in [2.75, 3.05) is 51.6 Å². The van der Waals surface area contributed by atoms with Crippen LogP contribution < -0.4 is 5.32 Å². The van der Waals surface area contributed by atoms with Gasteiger partial charge in [-0.15, -0.1) is 0 Å². The number of hydrogen-bond acceptors (Lipinski definition) is 5. The molecule has 0 unspecified atom stereocenters. The van der Waals surface area contributed by atoms with Crippen LogP contribution in [0.25, 0.3) is 0 Å². The number of carbonyl (C=O) groups excluding carboxylic acids is 2. The van der Waals surface area contributed by atoms with Crippen LogP contribution in [0.15, 0.2) is 42.7 Å². The van der Waals surface area contributed by atoms with Crippen molar-refractivity contribution in [2.24, 2.45) is 0 Å². The molecule has 1 N–H and O–H groups in total. The predicted octanol–water partition coefficient (Wildman–Crippen LogP) is 1.58. The molecule has 4 heterocycles. The fourth-order valence-corrected chi connectivity index (χ4v) is 4.89. The van der Waals surface area contributed by atoms with E-state index in [0.29, 0.717) is 32.5 Å². The van der Waals surface area contributed by atoms with E-state index in [1.807, 2.05) is 41.4 Å². The second kappa shape index (κ2) is 8.55. The van der Waals surface area contributed by atoms with Crippen molar-refractivity contribution >= 4 is 17.6 Å². The maximum Gasteiger partial charge on any atom is 0.321 e. The van der Waals surface area contributed by atoms with Gasteiger partial charge >= 0.3 is 6.03 Å². The Bertz CT molecular complexity index is 961. The van der Waals surface area contributed by atoms with Crippen molar-refractivity contribution in [3.63, 3.8) is 0 Å². The number of benzene rings is 1. The number of rotatable bonds is 2. The second-order valence-electron chi connectivity index (χ2n) is 8.92. The average molecular weight is 439 g/mol. The summed E-state index contributed by atoms with van der Waals surface area (Å²) in [5.41, 5.74) is 0.137. The molecule has 1 atom stereocenters. The molecule has 1 spiro atoms. The molecule has 5 rings (SSSR count). The molecular weight excluding hydrogens is 408 g/mol. The Morgan fingerprint density at radius 1 is 1.03 bits per heavy atom. The first-order valence-electron chi connectivity index (χ1n) is 11.3. The molecule has 3 aliphatic heterocycles. The second-order valence-corrected chi connectivity index (χ2v) is 8.92. The number of piperazine rings is 1. The Labute approximate surface area is 187 Å². The van der Waals surface area contributed by atoms with Crippen LogP contribution in [0.1, 0.15) is 18.7 Å². The van der Waals surface area contributed by atoms with Crippen molar-refractivity contribution in [1.29, 1.82) is 0 Å². The minimum atomic E-state index is -0.641. The van der Waals surface area contributed by atoms with Gasteiger partial charge in [0.2, 0.25) is 0 Å². The molecule has 0 bridgehead atoms. The van der Waals surface area contributed by atoms with E-state index >= 15 is 0 Å². The van der Waals surface area contributed by atoms with Gasteiger partial charge in [-0.1, -0.05) is 18.2 Å². The number of hydrogen-bond donors (Lipinski definition) is 1. The Morgan fingerprint density at radius 3 is 2.47 bits per heavy atom. The van der Waals surface area contributed by atoms with E-state index in [9.17, 15) is 9.59 Å². The fraction of sp³-hybridized carbons (Fsp3) is 0.522. The molecule has 0 radical (unpaired) electrons. The summed E-state index contributed by atoms with van der Waals surface area (Å²) in [6.45, 7) is 4.79. The number of imidazole rings is 1. The number of anilines is 1. The normalized spacial score (nSPS) is 23.1. The minimum absolute atomic E-state index is 0.0566. The third-order valence-electron chi connectivity index (χ3n) is 6.83. The van der Waals surface area contributed by atoms with Gasteiger partial charge in [0.15, 0.2) is 6.10 Å². The highest BCUT2D eigenvalue weighted by atomic mass is 16.5. The van der Waals surface area contributed by atoms with Gasteiger partial charge in [-0.3, -0.25) is 4.79 Å². The van der Waals surface area contributed by atoms with Crippen LogP contribution in [0.5, 0.6) is 0 Å². The van der Waals surface area contributed by atoms with Crippen molar-refractivity contribution in [1.82, 2.24) is 24.3 Å². The van der Waals surface area contributed by atoms with Gasteiger partial charge < -0.3 is 29.3 Å². The van der Waals surface area contributed by atoms with Crippen molar-refractivity contribution in [2.45, 2.75) is 31.1 Å². The van der Waals surface area contributed by atoms with E-state index in [0.717, 1.165) is 37.7 Å². The topological polar surface area (TPSA) is 82.9 Å². The van der Waals surface area contributed by atoms with Crippen LogP contribution in [0, 0.1) is 0 Å². The van der Waals surface area contributed by atoms with E-state index < -0.39 is 11.7 Å². The number of nitrogens with zero attached hydrogens (tertiary/aromatic N) is 5. The molecule has 1 aromatic heterocycles. The lowest BCUT2D eigenvalue weighted by Gasteiger charge is -2.46. The number of fused-ring (bicyclic) bond motifs is 2. The minimum Gasteiger partial charge on any atom is -0.352 e. The van der Waals surface area contributed by atoms with Gasteiger partial charge in [-0.2, -0.15) is 0 Å². The number of urea groups is 1. The number of piperidine rings is 1. The lowest BCUT2D eigenvalue weighted by molar-refractivity contribution is -0.180. The molecule has 1 aromatic carbocycles. The van der Waals surface area contributed by atoms with Crippen LogP contribution >= 0.6 is 0 Å². The quantitative estimate of drug-likeness (QED) is 0.770. The highest BCUT2D eigenvalue weighted by Gasteiger charge is 2.48. The molecule has 170 valence electrons. The number of aromatic nitrogens is 2. The van der Waals surface area contributed by atoms with E-state index in [-0.39, 0.29) is 11.9 Å². The van der Waals surface area contributed by atoms with Crippen LogP contribution in [-0.4, -0.2) is 88.6 Å². The van der Waals surface area contributed by atoms with Crippen molar-refractivity contribution in [3.8, 4) is 0 Å². The number of carbonyl (C=O) groups is 2. The third-order valence-corrected chi connectivity index (χ3v) is 6.83. The van der Waals surface area contributed by atoms with Gasteiger partial charge in [0.05, 0.1) is 6.54 Å². The first-order chi connectivity index (χ1) is 15.5. The third kappa shape index (κ3) is 3.98. The Morgan fingerprint density at radius 2 is 1.75 bits per heavy atom. The van der Waals surface area contributed by atoms with Gasteiger partial charge in [0, 0.05) is 70.2 Å². The summed E-state index contributed by atoms with van der Waals surface area (Å²) < 4.78 is 8.60. The number of likely N-dealkylation sites (tertiary alicyclic amines) is 1. The zero-order chi connectivity index (χ0) is 22.1. The van der Waals surface area contributed by atoms with E-state index in [1.165, 1.54) is 0 Å². The summed E-state index contributed by atoms with van der Waals surface area (Å²) in [6.07, 6.45) is 4.40. The summed E-state index contributed by atoms with van der Waals surface area (Å²) in [6, 6.07) is 9.35. The van der Waals surface area contributed by atoms with Gasteiger partial charge in [0.1, 0.15) is 11.4 Å². The highest BCUT2D eigenvalue weighted by Crippen LogP contribution is 2.40. The summed E-state index contributed by atoms with van der Waals surface area (Å²) in [4.78, 5) is 36.5. The fourth-order valence-electron chi connectivity index (χ4n) is 4.89. The monoisotopic (exact) mass is 438 g/mol. The standard InChI is InChI=1S/C23H30N6O3/c1-26-13-15-27(16-14-26)20(30)19-17-29-12-9-24-21(29)23(32-19)7-10-28(11-8-23)22(31)25-18-5-3-2-4-6-18/h2-6,9,12,19H,7-8,10-11,13-17H2,1H3,(H,25,31)/t19-/m0/s1. The summed E-state index contributed by atoms with van der Waals surface area (Å²) in [5, 5.41) is 2.95. The zero-order valence-electron chi connectivity index (χ0n) is 18.4. The van der Waals surface area contributed by atoms with Crippen molar-refractivity contribution in [3.05, 3.63) is 48.5 Å². The number of nitrogens with one attached hydrogen (secondary N) is 1. The molecule has 3 aliphatic rings. The van der Waals surface area contributed by atoms with Crippen LogP contribution in [0.3, 0.4) is 0 Å². The molecule has 9 heteroatoms. The molecule has 32 heavy (non-hydrogen) atoms. The molecular formula is C23H30N6O3. The van der Waals surface area contributed by atoms with Crippen LogP contribution in [-0.2, 0) is 21.7 Å². The predicted molar refractivity (Wildman–Crippen MR) is 119 cm³/mol. The highest BCUT2D eigenvalue weighted by molar-refractivity contribution is 5.89. The van der Waals surface area contributed by atoms with E-state index in [2.05, 4.69) is 26.8 Å². The summed E-state index contributed by atoms with van der Waals surface area (Å²) in [5.74, 6) is 0.920. The number of amides is 3. The molecule has 3 amide bonds. The summed E-state index contributed by atoms with van der Waals surface area (Å²) >= 11 is 0. The van der Waals surface area contributed by atoms with Crippen molar-refractivity contribution < 1.29 is 14.3 Å². The molecule has 2 fully saturated rings. The van der Waals surface area contributed by atoms with Gasteiger partial charge in [-0.05, 0) is 19.2 Å². The van der Waals surface area contributed by atoms with Gasteiger partial charge in [-0.25, -0.2) is 9.78 Å². The smallest absolute Gasteiger partial charge is 0.321 e. The van der Waals surface area contributed by atoms with Gasteiger partial charge in [0.25, 0.3) is 5.91 Å². The number of para-hydroxylation sites is 1. The number of likely N-dealkylation sites (N-methyl/N-ethyl adjacent to an activating group) is 1. The Hall–Kier alpha value is -2.91. The first kappa shape index (κ1) is 21.0. The Balaban J connectivity index is 1.28. The maximum absolute atomic E-state index is 13.3. The average Bonchev–Trinajstić information content (AvgIpc) is 3.30. The molecule has 9 nitrogen and oxygen atoms in total. The number of ether oxygens (including phenoxy) is 1.